The van der Waals surface area contributed by atoms with Gasteiger partial charge in [0.1, 0.15) is 5.82 Å². The van der Waals surface area contributed by atoms with Crippen LogP contribution >= 0.6 is 0 Å². The van der Waals surface area contributed by atoms with Gasteiger partial charge in [-0.2, -0.15) is 5.10 Å². The van der Waals surface area contributed by atoms with E-state index >= 15 is 0 Å². The molecule has 0 radical (unpaired) electrons. The lowest BCUT2D eigenvalue weighted by Crippen LogP contribution is -2.14. The standard InChI is InChI=1S/C19H20FN3/c1-14-18(13-21-12-16-8-6-7-11-19(16)20)15(2)23(22-14)17-9-4-3-5-10-17/h3-11,21H,12-13H2,1-2H3. The van der Waals surface area contributed by atoms with Crippen molar-refractivity contribution in [2.45, 2.75) is 26.9 Å². The van der Waals surface area contributed by atoms with Crippen LogP contribution in [0.5, 0.6) is 0 Å². The van der Waals surface area contributed by atoms with Crippen molar-refractivity contribution in [1.29, 1.82) is 0 Å². The minimum atomic E-state index is -0.173. The molecule has 0 fully saturated rings. The first-order valence-corrected chi connectivity index (χ1v) is 7.71. The highest BCUT2D eigenvalue weighted by molar-refractivity contribution is 5.36. The van der Waals surface area contributed by atoms with Gasteiger partial charge in [0.15, 0.2) is 0 Å². The fourth-order valence-electron chi connectivity index (χ4n) is 2.72. The average molecular weight is 309 g/mol. The van der Waals surface area contributed by atoms with Gasteiger partial charge in [-0.25, -0.2) is 9.07 Å². The number of aromatic nitrogens is 2. The number of rotatable bonds is 5. The number of hydrogen-bond donors (Lipinski definition) is 1. The summed E-state index contributed by atoms with van der Waals surface area (Å²) in [6.07, 6.45) is 0. The Bertz CT molecular complexity index is 794. The Morgan fingerprint density at radius 2 is 1.65 bits per heavy atom. The highest BCUT2D eigenvalue weighted by Gasteiger charge is 2.12. The SMILES string of the molecule is Cc1nn(-c2ccccc2)c(C)c1CNCc1ccccc1F. The summed E-state index contributed by atoms with van der Waals surface area (Å²) < 4.78 is 15.6. The first-order valence-electron chi connectivity index (χ1n) is 7.71. The number of aryl methyl sites for hydroxylation is 1. The van der Waals surface area contributed by atoms with Gasteiger partial charge in [-0.1, -0.05) is 36.4 Å². The third kappa shape index (κ3) is 3.32. The van der Waals surface area contributed by atoms with E-state index in [0.29, 0.717) is 18.7 Å². The topological polar surface area (TPSA) is 29.9 Å². The predicted octanol–water partition coefficient (Wildman–Crippen LogP) is 3.92. The molecule has 1 N–H and O–H groups in total. The van der Waals surface area contributed by atoms with Crippen molar-refractivity contribution in [3.63, 3.8) is 0 Å². The van der Waals surface area contributed by atoms with E-state index in [1.165, 1.54) is 6.07 Å². The number of benzene rings is 2. The molecule has 118 valence electrons. The maximum Gasteiger partial charge on any atom is 0.127 e. The van der Waals surface area contributed by atoms with Crippen molar-refractivity contribution in [3.8, 4) is 5.69 Å². The second-order valence-electron chi connectivity index (χ2n) is 5.59. The minimum absolute atomic E-state index is 0.173. The summed E-state index contributed by atoms with van der Waals surface area (Å²) in [6, 6.07) is 16.9. The second kappa shape index (κ2) is 6.75. The van der Waals surface area contributed by atoms with Crippen LogP contribution < -0.4 is 5.32 Å². The van der Waals surface area contributed by atoms with Gasteiger partial charge >= 0.3 is 0 Å². The highest BCUT2D eigenvalue weighted by atomic mass is 19.1. The van der Waals surface area contributed by atoms with Crippen molar-refractivity contribution in [3.05, 3.63) is 82.9 Å². The highest BCUT2D eigenvalue weighted by Crippen LogP contribution is 2.18. The molecule has 0 unspecified atom stereocenters. The Hall–Kier alpha value is -2.46. The van der Waals surface area contributed by atoms with Gasteiger partial charge in [0.25, 0.3) is 0 Å². The van der Waals surface area contributed by atoms with Gasteiger partial charge in [-0.05, 0) is 32.0 Å². The van der Waals surface area contributed by atoms with E-state index in [1.807, 2.05) is 48.0 Å². The van der Waals surface area contributed by atoms with Gasteiger partial charge in [-0.15, -0.1) is 0 Å². The summed E-state index contributed by atoms with van der Waals surface area (Å²) in [5.41, 5.74) is 4.99. The molecule has 2 aromatic carbocycles. The lowest BCUT2D eigenvalue weighted by Gasteiger charge is -2.07. The third-order valence-corrected chi connectivity index (χ3v) is 4.02. The first kappa shape index (κ1) is 15.4. The molecule has 1 aromatic heterocycles. The molecule has 0 aliphatic heterocycles. The zero-order chi connectivity index (χ0) is 16.2. The molecular formula is C19H20FN3. The Labute approximate surface area is 135 Å². The molecule has 3 rings (SSSR count). The van der Waals surface area contributed by atoms with E-state index < -0.39 is 0 Å². The van der Waals surface area contributed by atoms with E-state index in [-0.39, 0.29) is 5.82 Å². The summed E-state index contributed by atoms with van der Waals surface area (Å²) >= 11 is 0. The molecule has 3 aromatic rings. The van der Waals surface area contributed by atoms with Crippen LogP contribution in [0.25, 0.3) is 5.69 Å². The molecule has 1 heterocycles. The predicted molar refractivity (Wildman–Crippen MR) is 90.0 cm³/mol. The molecule has 0 amide bonds. The van der Waals surface area contributed by atoms with E-state index in [2.05, 4.69) is 17.3 Å². The zero-order valence-corrected chi connectivity index (χ0v) is 13.4. The largest absolute Gasteiger partial charge is 0.308 e. The van der Waals surface area contributed by atoms with Crippen molar-refractivity contribution in [2.24, 2.45) is 0 Å². The molecule has 4 heteroatoms. The molecular weight excluding hydrogens is 289 g/mol. The molecule has 0 atom stereocenters. The normalized spacial score (nSPS) is 10.9. The van der Waals surface area contributed by atoms with Crippen LogP contribution in [0.3, 0.4) is 0 Å². The number of hydrogen-bond acceptors (Lipinski definition) is 2. The van der Waals surface area contributed by atoms with Crippen LogP contribution in [0.1, 0.15) is 22.5 Å². The van der Waals surface area contributed by atoms with Gasteiger partial charge in [0.2, 0.25) is 0 Å². The van der Waals surface area contributed by atoms with Crippen LogP contribution in [0.4, 0.5) is 4.39 Å². The zero-order valence-electron chi connectivity index (χ0n) is 13.4. The third-order valence-electron chi connectivity index (χ3n) is 4.02. The molecule has 23 heavy (non-hydrogen) atoms. The summed E-state index contributed by atoms with van der Waals surface area (Å²) in [5, 5.41) is 7.94. The number of para-hydroxylation sites is 1. The van der Waals surface area contributed by atoms with Crippen LogP contribution in [0, 0.1) is 19.7 Å². The van der Waals surface area contributed by atoms with Crippen LogP contribution in [-0.4, -0.2) is 9.78 Å². The molecule has 0 saturated heterocycles. The van der Waals surface area contributed by atoms with E-state index in [9.17, 15) is 4.39 Å². The molecule has 0 saturated carbocycles. The molecule has 0 spiro atoms. The summed E-state index contributed by atoms with van der Waals surface area (Å²) in [5.74, 6) is -0.173. The maximum atomic E-state index is 13.6. The molecule has 0 bridgehead atoms. The minimum Gasteiger partial charge on any atom is -0.308 e. The van der Waals surface area contributed by atoms with Crippen LogP contribution in [0.15, 0.2) is 54.6 Å². The maximum absolute atomic E-state index is 13.6. The van der Waals surface area contributed by atoms with Crippen molar-refractivity contribution < 1.29 is 4.39 Å². The van der Waals surface area contributed by atoms with Gasteiger partial charge in [-0.3, -0.25) is 0 Å². The number of nitrogens with zero attached hydrogens (tertiary/aromatic N) is 2. The second-order valence-corrected chi connectivity index (χ2v) is 5.59. The first-order chi connectivity index (χ1) is 11.2. The van der Waals surface area contributed by atoms with Crippen molar-refractivity contribution in [2.75, 3.05) is 0 Å². The van der Waals surface area contributed by atoms with Crippen LogP contribution in [0.2, 0.25) is 0 Å². The smallest absolute Gasteiger partial charge is 0.127 e. The van der Waals surface area contributed by atoms with Crippen LogP contribution in [-0.2, 0) is 13.1 Å². The lowest BCUT2D eigenvalue weighted by atomic mass is 10.1. The Balaban J connectivity index is 1.74. The molecule has 3 nitrogen and oxygen atoms in total. The van der Waals surface area contributed by atoms with Gasteiger partial charge in [0.05, 0.1) is 11.4 Å². The fraction of sp³-hybridized carbons (Fsp3) is 0.211. The Kier molecular flexibility index (Phi) is 4.53. The van der Waals surface area contributed by atoms with Crippen molar-refractivity contribution >= 4 is 0 Å². The summed E-state index contributed by atoms with van der Waals surface area (Å²) in [4.78, 5) is 0. The monoisotopic (exact) mass is 309 g/mol. The van der Waals surface area contributed by atoms with E-state index in [4.69, 9.17) is 0 Å². The average Bonchev–Trinajstić information content (AvgIpc) is 2.85. The fourth-order valence-corrected chi connectivity index (χ4v) is 2.72. The number of halogens is 1. The van der Waals surface area contributed by atoms with E-state index in [0.717, 1.165) is 22.6 Å². The van der Waals surface area contributed by atoms with Gasteiger partial charge < -0.3 is 5.32 Å². The van der Waals surface area contributed by atoms with E-state index in [1.54, 1.807) is 12.1 Å². The molecule has 0 aliphatic carbocycles. The summed E-state index contributed by atoms with van der Waals surface area (Å²) in [7, 11) is 0. The quantitative estimate of drug-likeness (QED) is 0.774. The Morgan fingerprint density at radius 1 is 0.957 bits per heavy atom. The summed E-state index contributed by atoms with van der Waals surface area (Å²) in [6.45, 7) is 5.24. The van der Waals surface area contributed by atoms with Gasteiger partial charge in [0, 0.05) is 29.9 Å². The Morgan fingerprint density at radius 3 is 2.39 bits per heavy atom. The lowest BCUT2D eigenvalue weighted by molar-refractivity contribution is 0.587. The molecule has 0 aliphatic rings. The van der Waals surface area contributed by atoms with Crippen molar-refractivity contribution in [1.82, 2.24) is 15.1 Å². The number of nitrogens with one attached hydrogen (secondary N) is 1.